The Bertz CT molecular complexity index is 673. The standard InChI is InChI=1S/C15H16BrN3O4/c1-9(14(20)19-22-7-10-2-3-10)23-13-5-4-11(16)6-12(13)15-18-17-8-21-15/h4-6,8-10H,2-3,7H2,1H3,(H,19,20). The highest BCUT2D eigenvalue weighted by atomic mass is 79.9. The van der Waals surface area contributed by atoms with Crippen molar-refractivity contribution in [2.45, 2.75) is 25.9 Å². The number of hydrogen-bond acceptors (Lipinski definition) is 6. The Labute approximate surface area is 141 Å². The summed E-state index contributed by atoms with van der Waals surface area (Å²) < 4.78 is 11.8. The van der Waals surface area contributed by atoms with Gasteiger partial charge in [-0.1, -0.05) is 15.9 Å². The lowest BCUT2D eigenvalue weighted by molar-refractivity contribution is -0.140. The van der Waals surface area contributed by atoms with E-state index in [4.69, 9.17) is 14.0 Å². The molecule has 3 rings (SSSR count). The van der Waals surface area contributed by atoms with E-state index in [0.29, 0.717) is 29.7 Å². The molecule has 2 aromatic rings. The fourth-order valence-corrected chi connectivity index (χ4v) is 2.27. The van der Waals surface area contributed by atoms with Crippen molar-refractivity contribution in [1.82, 2.24) is 15.7 Å². The fourth-order valence-electron chi connectivity index (χ4n) is 1.90. The molecule has 1 heterocycles. The zero-order valence-electron chi connectivity index (χ0n) is 12.5. The smallest absolute Gasteiger partial charge is 0.284 e. The number of nitrogens with zero attached hydrogens (tertiary/aromatic N) is 2. The van der Waals surface area contributed by atoms with E-state index in [2.05, 4.69) is 31.6 Å². The Morgan fingerprint density at radius 3 is 3.04 bits per heavy atom. The van der Waals surface area contributed by atoms with Gasteiger partial charge in [0.25, 0.3) is 11.8 Å². The average molecular weight is 382 g/mol. The van der Waals surface area contributed by atoms with E-state index in [1.165, 1.54) is 6.39 Å². The molecular weight excluding hydrogens is 366 g/mol. The number of rotatable bonds is 7. The third-order valence-electron chi connectivity index (χ3n) is 3.39. The molecule has 1 atom stereocenters. The second-order valence-electron chi connectivity index (χ2n) is 5.37. The first-order valence-corrected chi connectivity index (χ1v) is 8.07. The van der Waals surface area contributed by atoms with E-state index in [-0.39, 0.29) is 5.91 Å². The lowest BCUT2D eigenvalue weighted by Gasteiger charge is -2.16. The molecule has 0 aliphatic heterocycles. The summed E-state index contributed by atoms with van der Waals surface area (Å²) >= 11 is 3.39. The van der Waals surface area contributed by atoms with Crippen molar-refractivity contribution in [2.24, 2.45) is 5.92 Å². The van der Waals surface area contributed by atoms with E-state index in [9.17, 15) is 4.79 Å². The van der Waals surface area contributed by atoms with Gasteiger partial charge in [-0.2, -0.15) is 0 Å². The van der Waals surface area contributed by atoms with Gasteiger partial charge in [-0.05, 0) is 43.9 Å². The third kappa shape index (κ3) is 4.29. The van der Waals surface area contributed by atoms with E-state index < -0.39 is 6.10 Å². The Morgan fingerprint density at radius 2 is 2.35 bits per heavy atom. The maximum Gasteiger partial charge on any atom is 0.284 e. The molecule has 7 nitrogen and oxygen atoms in total. The normalized spacial score (nSPS) is 15.2. The molecule has 122 valence electrons. The SMILES string of the molecule is CC(Oc1ccc(Br)cc1-c1nnco1)C(=O)NOCC1CC1. The van der Waals surface area contributed by atoms with Gasteiger partial charge in [-0.25, -0.2) is 5.48 Å². The van der Waals surface area contributed by atoms with Crippen molar-refractivity contribution in [3.05, 3.63) is 29.1 Å². The van der Waals surface area contributed by atoms with Crippen LogP contribution in [0.25, 0.3) is 11.5 Å². The van der Waals surface area contributed by atoms with Gasteiger partial charge in [0.05, 0.1) is 12.2 Å². The topological polar surface area (TPSA) is 86.5 Å². The molecule has 8 heteroatoms. The van der Waals surface area contributed by atoms with E-state index >= 15 is 0 Å². The van der Waals surface area contributed by atoms with Gasteiger partial charge in [-0.15, -0.1) is 10.2 Å². The van der Waals surface area contributed by atoms with Gasteiger partial charge in [0.15, 0.2) is 6.10 Å². The molecule has 0 spiro atoms. The molecule has 1 amide bonds. The molecule has 1 aromatic heterocycles. The molecule has 23 heavy (non-hydrogen) atoms. The summed E-state index contributed by atoms with van der Waals surface area (Å²) in [6, 6.07) is 5.33. The Morgan fingerprint density at radius 1 is 1.52 bits per heavy atom. The number of carbonyl (C=O) groups is 1. The van der Waals surface area contributed by atoms with Gasteiger partial charge in [-0.3, -0.25) is 9.63 Å². The van der Waals surface area contributed by atoms with Crippen LogP contribution in [0.5, 0.6) is 5.75 Å². The maximum atomic E-state index is 12.0. The van der Waals surface area contributed by atoms with E-state index in [1.54, 1.807) is 19.1 Å². The van der Waals surface area contributed by atoms with Gasteiger partial charge >= 0.3 is 0 Å². The average Bonchev–Trinajstić information content (AvgIpc) is 3.20. The summed E-state index contributed by atoms with van der Waals surface area (Å²) in [5, 5.41) is 7.53. The summed E-state index contributed by atoms with van der Waals surface area (Å²) in [5.74, 6) is 1.02. The largest absolute Gasteiger partial charge is 0.480 e. The van der Waals surface area contributed by atoms with Gasteiger partial charge in [0, 0.05) is 4.47 Å². The quantitative estimate of drug-likeness (QED) is 0.741. The molecule has 1 aliphatic carbocycles. The molecule has 0 bridgehead atoms. The molecule has 1 fully saturated rings. The van der Waals surface area contributed by atoms with Crippen LogP contribution in [-0.2, 0) is 9.63 Å². The maximum absolute atomic E-state index is 12.0. The first-order valence-electron chi connectivity index (χ1n) is 7.28. The minimum Gasteiger partial charge on any atom is -0.480 e. The fraction of sp³-hybridized carbons (Fsp3) is 0.400. The van der Waals surface area contributed by atoms with E-state index in [0.717, 1.165) is 17.3 Å². The molecule has 1 N–H and O–H groups in total. The van der Waals surface area contributed by atoms with Crippen molar-refractivity contribution >= 4 is 21.8 Å². The second-order valence-corrected chi connectivity index (χ2v) is 6.28. The Kier molecular flexibility index (Phi) is 4.92. The predicted molar refractivity (Wildman–Crippen MR) is 84.3 cm³/mol. The molecule has 0 saturated heterocycles. The molecule has 1 aromatic carbocycles. The van der Waals surface area contributed by atoms with Crippen LogP contribution in [0.4, 0.5) is 0 Å². The summed E-state index contributed by atoms with van der Waals surface area (Å²) in [7, 11) is 0. The Hall–Kier alpha value is -1.93. The van der Waals surface area contributed by atoms with Crippen molar-refractivity contribution in [3.8, 4) is 17.2 Å². The highest BCUT2D eigenvalue weighted by Gasteiger charge is 2.23. The minimum absolute atomic E-state index is 0.318. The second kappa shape index (κ2) is 7.10. The number of amides is 1. The van der Waals surface area contributed by atoms with Gasteiger partial charge < -0.3 is 9.15 Å². The summed E-state index contributed by atoms with van der Waals surface area (Å²) in [5.41, 5.74) is 3.02. The van der Waals surface area contributed by atoms with Gasteiger partial charge in [0.2, 0.25) is 6.39 Å². The van der Waals surface area contributed by atoms with Crippen LogP contribution < -0.4 is 10.2 Å². The highest BCUT2D eigenvalue weighted by Crippen LogP contribution is 2.32. The third-order valence-corrected chi connectivity index (χ3v) is 3.89. The predicted octanol–water partition coefficient (Wildman–Crippen LogP) is 2.72. The molecule has 0 radical (unpaired) electrons. The van der Waals surface area contributed by atoms with Gasteiger partial charge in [0.1, 0.15) is 5.75 Å². The summed E-state index contributed by atoms with van der Waals surface area (Å²) in [6.07, 6.45) is 2.84. The number of halogens is 1. The first-order chi connectivity index (χ1) is 11.1. The number of ether oxygens (including phenoxy) is 1. The van der Waals surface area contributed by atoms with Crippen LogP contribution in [0, 0.1) is 5.92 Å². The monoisotopic (exact) mass is 381 g/mol. The molecule has 1 unspecified atom stereocenters. The summed E-state index contributed by atoms with van der Waals surface area (Å²) in [6.45, 7) is 2.19. The van der Waals surface area contributed by atoms with Crippen LogP contribution in [0.2, 0.25) is 0 Å². The number of hydroxylamine groups is 1. The van der Waals surface area contributed by atoms with Crippen molar-refractivity contribution < 1.29 is 18.8 Å². The Balaban J connectivity index is 1.65. The van der Waals surface area contributed by atoms with Crippen molar-refractivity contribution in [3.63, 3.8) is 0 Å². The van der Waals surface area contributed by atoms with Crippen LogP contribution in [0.3, 0.4) is 0 Å². The number of benzene rings is 1. The van der Waals surface area contributed by atoms with Crippen LogP contribution in [-0.4, -0.2) is 28.8 Å². The minimum atomic E-state index is -0.725. The highest BCUT2D eigenvalue weighted by molar-refractivity contribution is 9.10. The zero-order chi connectivity index (χ0) is 16.2. The molecule has 1 aliphatic rings. The van der Waals surface area contributed by atoms with Crippen molar-refractivity contribution in [2.75, 3.05) is 6.61 Å². The van der Waals surface area contributed by atoms with Crippen LogP contribution in [0.15, 0.2) is 33.5 Å². The molecule has 1 saturated carbocycles. The lowest BCUT2D eigenvalue weighted by atomic mass is 10.2. The van der Waals surface area contributed by atoms with E-state index in [1.807, 2.05) is 6.07 Å². The number of carbonyl (C=O) groups excluding carboxylic acids is 1. The zero-order valence-corrected chi connectivity index (χ0v) is 14.1. The number of hydrogen-bond donors (Lipinski definition) is 1. The number of aromatic nitrogens is 2. The first kappa shape index (κ1) is 15.9. The lowest BCUT2D eigenvalue weighted by Crippen LogP contribution is -2.36. The van der Waals surface area contributed by atoms with Crippen LogP contribution >= 0.6 is 15.9 Å². The molecular formula is C15H16BrN3O4. The van der Waals surface area contributed by atoms with Crippen LogP contribution in [0.1, 0.15) is 19.8 Å². The summed E-state index contributed by atoms with van der Waals surface area (Å²) in [4.78, 5) is 17.2. The number of nitrogens with one attached hydrogen (secondary N) is 1. The van der Waals surface area contributed by atoms with Crippen molar-refractivity contribution in [1.29, 1.82) is 0 Å².